The van der Waals surface area contributed by atoms with Crippen LogP contribution >= 0.6 is 0 Å². The van der Waals surface area contributed by atoms with Crippen molar-refractivity contribution in [3.05, 3.63) is 24.2 Å². The fraction of sp³-hybridized carbons (Fsp3) is 0.455. The van der Waals surface area contributed by atoms with Gasteiger partial charge in [-0.1, -0.05) is 6.92 Å². The summed E-state index contributed by atoms with van der Waals surface area (Å²) in [7, 11) is 0. The Hall–Kier alpha value is -1.42. The van der Waals surface area contributed by atoms with E-state index in [0.717, 1.165) is 30.1 Å². The normalized spacial score (nSPS) is 19.0. The van der Waals surface area contributed by atoms with Crippen molar-refractivity contribution in [2.24, 2.45) is 5.92 Å². The summed E-state index contributed by atoms with van der Waals surface area (Å²) < 4.78 is 0. The van der Waals surface area contributed by atoms with Crippen molar-refractivity contribution in [1.29, 1.82) is 0 Å². The maximum absolute atomic E-state index is 4.52. The lowest BCUT2D eigenvalue weighted by Crippen LogP contribution is -2.44. The number of hydrogen-bond donors (Lipinski definition) is 2. The summed E-state index contributed by atoms with van der Waals surface area (Å²) in [5, 5.41) is 3.29. The van der Waals surface area contributed by atoms with Crippen LogP contribution in [0.25, 0.3) is 11.2 Å². The zero-order chi connectivity index (χ0) is 10.3. The van der Waals surface area contributed by atoms with Crippen LogP contribution in [0, 0.1) is 5.92 Å². The van der Waals surface area contributed by atoms with Crippen molar-refractivity contribution in [3.8, 4) is 0 Å². The van der Waals surface area contributed by atoms with Crippen molar-refractivity contribution < 1.29 is 0 Å². The third-order valence-electron chi connectivity index (χ3n) is 3.23. The first-order valence-electron chi connectivity index (χ1n) is 5.36. The van der Waals surface area contributed by atoms with Crippen molar-refractivity contribution in [2.75, 3.05) is 13.1 Å². The van der Waals surface area contributed by atoms with E-state index in [1.165, 1.54) is 0 Å². The van der Waals surface area contributed by atoms with Gasteiger partial charge in [0.25, 0.3) is 0 Å². The second-order valence-electron chi connectivity index (χ2n) is 4.20. The summed E-state index contributed by atoms with van der Waals surface area (Å²) in [6.07, 6.45) is 1.78. The number of nitrogens with one attached hydrogen (secondary N) is 2. The molecule has 0 amide bonds. The maximum Gasteiger partial charge on any atom is 0.177 e. The van der Waals surface area contributed by atoms with Gasteiger partial charge in [-0.25, -0.2) is 9.97 Å². The summed E-state index contributed by atoms with van der Waals surface area (Å²) in [4.78, 5) is 12.1. The van der Waals surface area contributed by atoms with Gasteiger partial charge in [0.1, 0.15) is 5.82 Å². The van der Waals surface area contributed by atoms with Gasteiger partial charge in [-0.2, -0.15) is 0 Å². The third kappa shape index (κ3) is 1.41. The van der Waals surface area contributed by atoms with E-state index in [1.807, 2.05) is 12.1 Å². The molecule has 4 heteroatoms. The molecule has 0 aliphatic carbocycles. The van der Waals surface area contributed by atoms with Crippen molar-refractivity contribution in [1.82, 2.24) is 20.3 Å². The van der Waals surface area contributed by atoms with Crippen LogP contribution in [0.15, 0.2) is 18.3 Å². The quantitative estimate of drug-likeness (QED) is 0.771. The number of imidazole rings is 1. The Balaban J connectivity index is 1.96. The van der Waals surface area contributed by atoms with Crippen molar-refractivity contribution >= 4 is 11.2 Å². The molecule has 2 aromatic heterocycles. The zero-order valence-corrected chi connectivity index (χ0v) is 8.70. The molecule has 1 aliphatic rings. The van der Waals surface area contributed by atoms with Gasteiger partial charge >= 0.3 is 0 Å². The number of rotatable bonds is 2. The maximum atomic E-state index is 4.52. The number of aromatic amines is 1. The van der Waals surface area contributed by atoms with Crippen LogP contribution in [-0.4, -0.2) is 28.0 Å². The number of nitrogens with zero attached hydrogens (tertiary/aromatic N) is 2. The summed E-state index contributed by atoms with van der Waals surface area (Å²) >= 11 is 0. The average Bonchev–Trinajstić information content (AvgIpc) is 2.58. The lowest BCUT2D eigenvalue weighted by atomic mass is 9.88. The molecule has 0 saturated carbocycles. The predicted molar refractivity (Wildman–Crippen MR) is 58.7 cm³/mol. The Morgan fingerprint density at radius 3 is 3.00 bits per heavy atom. The van der Waals surface area contributed by atoms with Gasteiger partial charge in [0.05, 0.1) is 5.52 Å². The minimum absolute atomic E-state index is 0.487. The summed E-state index contributed by atoms with van der Waals surface area (Å²) in [5.41, 5.74) is 1.86. The molecular formula is C11H14N4. The van der Waals surface area contributed by atoms with E-state index in [2.05, 4.69) is 27.2 Å². The summed E-state index contributed by atoms with van der Waals surface area (Å²) in [6, 6.07) is 3.95. The molecule has 1 atom stereocenters. The molecule has 1 aliphatic heterocycles. The standard InChI is InChI=1S/C11H14N4/c1-7(8-5-12-6-8)10-14-9-3-2-4-13-11(9)15-10/h2-4,7-8,12H,5-6H2,1H3,(H,13,14,15). The van der Waals surface area contributed by atoms with E-state index in [4.69, 9.17) is 0 Å². The SMILES string of the molecule is CC(c1nc2ncccc2[nH]1)C1CNC1. The summed E-state index contributed by atoms with van der Waals surface area (Å²) in [6.45, 7) is 4.43. The molecule has 0 aromatic carbocycles. The predicted octanol–water partition coefficient (Wildman–Crippen LogP) is 1.28. The first kappa shape index (κ1) is 8.85. The van der Waals surface area contributed by atoms with Crippen LogP contribution in [-0.2, 0) is 0 Å². The molecule has 0 bridgehead atoms. The molecule has 78 valence electrons. The van der Waals surface area contributed by atoms with Crippen LogP contribution in [0.5, 0.6) is 0 Å². The molecular weight excluding hydrogens is 188 g/mol. The first-order chi connectivity index (χ1) is 7.34. The summed E-state index contributed by atoms with van der Waals surface area (Å²) in [5.74, 6) is 2.27. The van der Waals surface area contributed by atoms with Gasteiger partial charge in [0.2, 0.25) is 0 Å². The fourth-order valence-electron chi connectivity index (χ4n) is 1.97. The number of fused-ring (bicyclic) bond motifs is 1. The van der Waals surface area contributed by atoms with Gasteiger partial charge in [0, 0.05) is 12.1 Å². The van der Waals surface area contributed by atoms with E-state index >= 15 is 0 Å². The lowest BCUT2D eigenvalue weighted by molar-refractivity contribution is 0.297. The molecule has 2 aromatic rings. The van der Waals surface area contributed by atoms with Gasteiger partial charge in [0.15, 0.2) is 5.65 Å². The molecule has 3 heterocycles. The van der Waals surface area contributed by atoms with Gasteiger partial charge in [-0.05, 0) is 31.1 Å². The molecule has 0 spiro atoms. The lowest BCUT2D eigenvalue weighted by Gasteiger charge is -2.31. The van der Waals surface area contributed by atoms with E-state index in [0.29, 0.717) is 11.8 Å². The highest BCUT2D eigenvalue weighted by Gasteiger charge is 2.26. The largest absolute Gasteiger partial charge is 0.340 e. The molecule has 1 saturated heterocycles. The average molecular weight is 202 g/mol. The first-order valence-corrected chi connectivity index (χ1v) is 5.36. The van der Waals surface area contributed by atoms with Crippen LogP contribution in [0.4, 0.5) is 0 Å². The van der Waals surface area contributed by atoms with Gasteiger partial charge < -0.3 is 10.3 Å². The molecule has 0 radical (unpaired) electrons. The van der Waals surface area contributed by atoms with Crippen LogP contribution in [0.3, 0.4) is 0 Å². The Labute approximate surface area is 88.1 Å². The second kappa shape index (κ2) is 3.31. The molecule has 1 unspecified atom stereocenters. The Morgan fingerprint density at radius 2 is 2.33 bits per heavy atom. The van der Waals surface area contributed by atoms with E-state index in [9.17, 15) is 0 Å². The van der Waals surface area contributed by atoms with Gasteiger partial charge in [-0.15, -0.1) is 0 Å². The monoisotopic (exact) mass is 202 g/mol. The van der Waals surface area contributed by atoms with Crippen LogP contribution in [0.2, 0.25) is 0 Å². The number of hydrogen-bond acceptors (Lipinski definition) is 3. The molecule has 1 fully saturated rings. The van der Waals surface area contributed by atoms with Crippen molar-refractivity contribution in [2.45, 2.75) is 12.8 Å². The Kier molecular flexibility index (Phi) is 1.95. The highest BCUT2D eigenvalue weighted by molar-refractivity contribution is 5.70. The number of H-pyrrole nitrogens is 1. The third-order valence-corrected chi connectivity index (χ3v) is 3.23. The molecule has 15 heavy (non-hydrogen) atoms. The van der Waals surface area contributed by atoms with E-state index in [-0.39, 0.29) is 0 Å². The van der Waals surface area contributed by atoms with Gasteiger partial charge in [-0.3, -0.25) is 0 Å². The Bertz CT molecular complexity index is 439. The smallest absolute Gasteiger partial charge is 0.177 e. The zero-order valence-electron chi connectivity index (χ0n) is 8.70. The Morgan fingerprint density at radius 1 is 1.47 bits per heavy atom. The fourth-order valence-corrected chi connectivity index (χ4v) is 1.97. The van der Waals surface area contributed by atoms with Crippen molar-refractivity contribution in [3.63, 3.8) is 0 Å². The van der Waals surface area contributed by atoms with E-state index in [1.54, 1.807) is 6.20 Å². The minimum atomic E-state index is 0.487. The minimum Gasteiger partial charge on any atom is -0.340 e. The van der Waals surface area contributed by atoms with Crippen LogP contribution < -0.4 is 5.32 Å². The topological polar surface area (TPSA) is 53.6 Å². The molecule has 2 N–H and O–H groups in total. The molecule has 4 nitrogen and oxygen atoms in total. The van der Waals surface area contributed by atoms with E-state index < -0.39 is 0 Å². The number of aromatic nitrogens is 3. The molecule has 3 rings (SSSR count). The second-order valence-corrected chi connectivity index (χ2v) is 4.20. The highest BCUT2D eigenvalue weighted by atomic mass is 15.0. The number of pyridine rings is 1. The highest BCUT2D eigenvalue weighted by Crippen LogP contribution is 2.25. The van der Waals surface area contributed by atoms with Crippen LogP contribution in [0.1, 0.15) is 18.7 Å².